The van der Waals surface area contributed by atoms with E-state index in [4.69, 9.17) is 4.74 Å². The van der Waals surface area contributed by atoms with Gasteiger partial charge in [-0.2, -0.15) is 0 Å². The van der Waals surface area contributed by atoms with Gasteiger partial charge < -0.3 is 19.4 Å². The van der Waals surface area contributed by atoms with Crippen molar-refractivity contribution >= 4 is 23.2 Å². The largest absolute Gasteiger partial charge is 0.497 e. The Morgan fingerprint density at radius 1 is 0.852 bits per heavy atom. The van der Waals surface area contributed by atoms with Gasteiger partial charge in [0.2, 0.25) is 0 Å². The van der Waals surface area contributed by atoms with E-state index in [0.29, 0.717) is 32.7 Å². The van der Waals surface area contributed by atoms with E-state index < -0.39 is 11.8 Å². The lowest BCUT2D eigenvalue weighted by molar-refractivity contribution is -0.144. The highest BCUT2D eigenvalue weighted by molar-refractivity contribution is 6.40. The van der Waals surface area contributed by atoms with Crippen molar-refractivity contribution in [2.45, 2.75) is 6.42 Å². The number of para-hydroxylation sites is 1. The van der Waals surface area contributed by atoms with E-state index in [1.807, 2.05) is 48.5 Å². The van der Waals surface area contributed by atoms with Crippen LogP contribution in [0.15, 0.2) is 48.5 Å². The first-order valence-corrected chi connectivity index (χ1v) is 9.25. The number of fused-ring (bicyclic) bond motifs is 1. The van der Waals surface area contributed by atoms with E-state index in [2.05, 4.69) is 4.90 Å². The average molecular weight is 365 g/mol. The Hall–Kier alpha value is -3.02. The van der Waals surface area contributed by atoms with E-state index >= 15 is 0 Å². The minimum Gasteiger partial charge on any atom is -0.497 e. The molecule has 0 spiro atoms. The third-order valence-electron chi connectivity index (χ3n) is 5.32. The third-order valence-corrected chi connectivity index (χ3v) is 5.32. The van der Waals surface area contributed by atoms with Crippen LogP contribution in [-0.4, -0.2) is 56.5 Å². The molecule has 6 heteroatoms. The van der Waals surface area contributed by atoms with Gasteiger partial charge in [0.1, 0.15) is 5.75 Å². The Bertz CT molecular complexity index is 842. The van der Waals surface area contributed by atoms with Crippen molar-refractivity contribution < 1.29 is 14.3 Å². The first-order chi connectivity index (χ1) is 13.2. The predicted molar refractivity (Wildman–Crippen MR) is 104 cm³/mol. The zero-order chi connectivity index (χ0) is 18.8. The second-order valence-electron chi connectivity index (χ2n) is 6.81. The van der Waals surface area contributed by atoms with E-state index in [1.165, 1.54) is 0 Å². The second kappa shape index (κ2) is 7.31. The molecule has 2 aromatic carbocycles. The van der Waals surface area contributed by atoms with Gasteiger partial charge in [0.25, 0.3) is 0 Å². The molecule has 2 aliphatic heterocycles. The van der Waals surface area contributed by atoms with Crippen LogP contribution in [0, 0.1) is 0 Å². The summed E-state index contributed by atoms with van der Waals surface area (Å²) < 4.78 is 5.19. The monoisotopic (exact) mass is 365 g/mol. The maximum Gasteiger partial charge on any atom is 0.316 e. The van der Waals surface area contributed by atoms with Gasteiger partial charge in [-0.1, -0.05) is 18.2 Å². The Labute approximate surface area is 158 Å². The SMILES string of the molecule is COc1ccc(N2CCN(C(=O)C(=O)N3CCc4ccccc43)CC2)cc1. The zero-order valence-corrected chi connectivity index (χ0v) is 15.4. The molecule has 0 unspecified atom stereocenters. The number of hydrogen-bond acceptors (Lipinski definition) is 4. The molecule has 2 amide bonds. The van der Waals surface area contributed by atoms with Crippen LogP contribution in [0.3, 0.4) is 0 Å². The second-order valence-corrected chi connectivity index (χ2v) is 6.81. The summed E-state index contributed by atoms with van der Waals surface area (Å²) in [6, 6.07) is 15.7. The van der Waals surface area contributed by atoms with Gasteiger partial charge >= 0.3 is 11.8 Å². The molecule has 0 aliphatic carbocycles. The molecule has 1 fully saturated rings. The predicted octanol–water partition coefficient (Wildman–Crippen LogP) is 1.93. The number of methoxy groups -OCH3 is 1. The Morgan fingerprint density at radius 3 is 2.26 bits per heavy atom. The number of nitrogens with zero attached hydrogens (tertiary/aromatic N) is 3. The number of amides is 2. The number of anilines is 2. The molecule has 0 radical (unpaired) electrons. The molecule has 1 saturated heterocycles. The van der Waals surface area contributed by atoms with Crippen LogP contribution < -0.4 is 14.5 Å². The highest BCUT2D eigenvalue weighted by Crippen LogP contribution is 2.28. The molecule has 2 aromatic rings. The number of ether oxygens (including phenoxy) is 1. The van der Waals surface area contributed by atoms with Gasteiger partial charge in [-0.3, -0.25) is 9.59 Å². The molecule has 2 aliphatic rings. The summed E-state index contributed by atoms with van der Waals surface area (Å²) in [6.45, 7) is 3.10. The van der Waals surface area contributed by atoms with Crippen molar-refractivity contribution in [1.29, 1.82) is 0 Å². The fourth-order valence-electron chi connectivity index (χ4n) is 3.76. The van der Waals surface area contributed by atoms with Gasteiger partial charge in [0.15, 0.2) is 0 Å². The summed E-state index contributed by atoms with van der Waals surface area (Å²) in [4.78, 5) is 31.0. The number of rotatable bonds is 2. The van der Waals surface area contributed by atoms with E-state index in [-0.39, 0.29) is 0 Å². The fourth-order valence-corrected chi connectivity index (χ4v) is 3.76. The first kappa shape index (κ1) is 17.4. The minimum atomic E-state index is -0.419. The lowest BCUT2D eigenvalue weighted by Crippen LogP contribution is -2.53. The molecule has 2 heterocycles. The molecule has 0 aromatic heterocycles. The minimum absolute atomic E-state index is 0.402. The van der Waals surface area contributed by atoms with E-state index in [9.17, 15) is 9.59 Å². The van der Waals surface area contributed by atoms with Crippen LogP contribution in [0.1, 0.15) is 5.56 Å². The summed E-state index contributed by atoms with van der Waals surface area (Å²) in [5.41, 5.74) is 3.10. The molecular weight excluding hydrogens is 342 g/mol. The number of carbonyl (C=O) groups is 2. The van der Waals surface area contributed by atoms with Crippen LogP contribution >= 0.6 is 0 Å². The Morgan fingerprint density at radius 2 is 1.56 bits per heavy atom. The average Bonchev–Trinajstić information content (AvgIpc) is 3.17. The molecule has 0 bridgehead atoms. The van der Waals surface area contributed by atoms with Crippen molar-refractivity contribution in [3.63, 3.8) is 0 Å². The summed E-state index contributed by atoms with van der Waals surface area (Å²) in [5.74, 6) is 0.00277. The molecular formula is C21H23N3O3. The molecule has 4 rings (SSSR count). The third kappa shape index (κ3) is 3.35. The van der Waals surface area contributed by atoms with Crippen LogP contribution in [0.25, 0.3) is 0 Å². The number of benzene rings is 2. The van der Waals surface area contributed by atoms with Crippen molar-refractivity contribution in [1.82, 2.24) is 4.90 Å². The van der Waals surface area contributed by atoms with Crippen molar-refractivity contribution in [3.8, 4) is 5.75 Å². The van der Waals surface area contributed by atoms with E-state index in [1.54, 1.807) is 16.9 Å². The van der Waals surface area contributed by atoms with Crippen molar-refractivity contribution in [2.24, 2.45) is 0 Å². The molecule has 27 heavy (non-hydrogen) atoms. The van der Waals surface area contributed by atoms with E-state index in [0.717, 1.165) is 29.1 Å². The van der Waals surface area contributed by atoms with Crippen LogP contribution in [-0.2, 0) is 16.0 Å². The van der Waals surface area contributed by atoms with Gasteiger partial charge in [-0.25, -0.2) is 0 Å². The van der Waals surface area contributed by atoms with Crippen LogP contribution in [0.4, 0.5) is 11.4 Å². The van der Waals surface area contributed by atoms with Crippen LogP contribution in [0.5, 0.6) is 5.75 Å². The molecule has 0 saturated carbocycles. The maximum absolute atomic E-state index is 12.7. The maximum atomic E-state index is 12.7. The normalized spacial score (nSPS) is 16.3. The van der Waals surface area contributed by atoms with Gasteiger partial charge in [-0.15, -0.1) is 0 Å². The molecule has 6 nitrogen and oxygen atoms in total. The van der Waals surface area contributed by atoms with Crippen molar-refractivity contribution in [3.05, 3.63) is 54.1 Å². The number of piperazine rings is 1. The van der Waals surface area contributed by atoms with Crippen molar-refractivity contribution in [2.75, 3.05) is 49.6 Å². The lowest BCUT2D eigenvalue weighted by atomic mass is 10.2. The summed E-state index contributed by atoms with van der Waals surface area (Å²) in [5, 5.41) is 0. The fraction of sp³-hybridized carbons (Fsp3) is 0.333. The summed E-state index contributed by atoms with van der Waals surface area (Å²) in [7, 11) is 1.65. The van der Waals surface area contributed by atoms with Gasteiger partial charge in [0.05, 0.1) is 7.11 Å². The van der Waals surface area contributed by atoms with Gasteiger partial charge in [0, 0.05) is 44.1 Å². The standard InChI is InChI=1S/C21H23N3O3/c1-27-18-8-6-17(7-9-18)22-12-14-23(15-13-22)20(25)21(26)24-11-10-16-4-2-3-5-19(16)24/h2-9H,10-15H2,1H3. The number of hydrogen-bond donors (Lipinski definition) is 0. The first-order valence-electron chi connectivity index (χ1n) is 9.25. The highest BCUT2D eigenvalue weighted by Gasteiger charge is 2.33. The Balaban J connectivity index is 1.38. The lowest BCUT2D eigenvalue weighted by Gasteiger charge is -2.36. The number of carbonyl (C=O) groups excluding carboxylic acids is 2. The quantitative estimate of drug-likeness (QED) is 0.763. The zero-order valence-electron chi connectivity index (χ0n) is 15.4. The highest BCUT2D eigenvalue weighted by atomic mass is 16.5. The Kier molecular flexibility index (Phi) is 4.71. The topological polar surface area (TPSA) is 53.1 Å². The molecule has 0 atom stereocenters. The summed E-state index contributed by atoms with van der Waals surface area (Å²) in [6.07, 6.45) is 0.806. The summed E-state index contributed by atoms with van der Waals surface area (Å²) >= 11 is 0. The smallest absolute Gasteiger partial charge is 0.316 e. The molecule has 140 valence electrons. The van der Waals surface area contributed by atoms with Crippen LogP contribution in [0.2, 0.25) is 0 Å². The van der Waals surface area contributed by atoms with Gasteiger partial charge in [-0.05, 0) is 42.3 Å². The molecule has 0 N–H and O–H groups in total.